The van der Waals surface area contributed by atoms with Crippen LogP contribution in [0.3, 0.4) is 0 Å². The highest BCUT2D eigenvalue weighted by atomic mass is 16.5. The lowest BCUT2D eigenvalue weighted by molar-refractivity contribution is -0.181. The number of aliphatic hydroxyl groups excluding tert-OH is 1. The number of hydrogen-bond acceptors (Lipinski definition) is 8. The summed E-state index contributed by atoms with van der Waals surface area (Å²) >= 11 is 0. The Morgan fingerprint density at radius 2 is 1.77 bits per heavy atom. The first-order valence-corrected chi connectivity index (χ1v) is 15.8. The molecular weight excluding hydrogens is 554 g/mol. The van der Waals surface area contributed by atoms with Gasteiger partial charge in [-0.3, -0.25) is 24.0 Å². The highest BCUT2D eigenvalue weighted by Gasteiger charge is 2.68. The summed E-state index contributed by atoms with van der Waals surface area (Å²) in [5, 5.41) is 35.2. The summed E-state index contributed by atoms with van der Waals surface area (Å²) in [5.41, 5.74) is -2.02. The molecule has 4 saturated carbocycles. The minimum Gasteiger partial charge on any atom is -0.481 e. The number of amides is 1. The van der Waals surface area contributed by atoms with E-state index < -0.39 is 46.9 Å². The van der Waals surface area contributed by atoms with Crippen LogP contribution in [0.15, 0.2) is 23.8 Å². The van der Waals surface area contributed by atoms with Crippen molar-refractivity contribution < 1.29 is 44.0 Å². The van der Waals surface area contributed by atoms with E-state index in [1.807, 2.05) is 13.0 Å². The van der Waals surface area contributed by atoms with E-state index in [9.17, 15) is 34.2 Å². The molecule has 0 heterocycles. The first kappa shape index (κ1) is 31.6. The maximum absolute atomic E-state index is 13.4. The zero-order chi connectivity index (χ0) is 31.2. The van der Waals surface area contributed by atoms with Crippen molar-refractivity contribution in [1.82, 2.24) is 5.32 Å². The van der Waals surface area contributed by atoms with E-state index in [1.54, 1.807) is 12.2 Å². The van der Waals surface area contributed by atoms with Crippen molar-refractivity contribution >= 4 is 29.4 Å². The van der Waals surface area contributed by atoms with Gasteiger partial charge in [-0.2, -0.15) is 0 Å². The molecule has 236 valence electrons. The van der Waals surface area contributed by atoms with Crippen molar-refractivity contribution in [2.24, 2.45) is 40.4 Å². The molecule has 1 amide bonds. The predicted octanol–water partition coefficient (Wildman–Crippen LogP) is 2.90. The summed E-state index contributed by atoms with van der Waals surface area (Å²) in [5.74, 6) is -2.54. The fourth-order valence-corrected chi connectivity index (χ4v) is 9.30. The number of rotatable bonds is 9. The van der Waals surface area contributed by atoms with Crippen LogP contribution in [0.1, 0.15) is 84.5 Å². The molecule has 0 spiro atoms. The summed E-state index contributed by atoms with van der Waals surface area (Å²) < 4.78 is 5.22. The van der Waals surface area contributed by atoms with Crippen molar-refractivity contribution in [2.75, 3.05) is 13.2 Å². The number of hydrogen-bond donors (Lipinski definition) is 4. The van der Waals surface area contributed by atoms with Crippen molar-refractivity contribution in [2.45, 2.75) is 96.2 Å². The molecule has 0 aliphatic heterocycles. The van der Waals surface area contributed by atoms with Crippen LogP contribution in [-0.4, -0.2) is 69.6 Å². The van der Waals surface area contributed by atoms with Crippen molar-refractivity contribution in [3.05, 3.63) is 23.8 Å². The molecule has 5 aliphatic rings. The van der Waals surface area contributed by atoms with Gasteiger partial charge in [0.15, 0.2) is 12.4 Å². The second-order valence-electron chi connectivity index (χ2n) is 14.1. The van der Waals surface area contributed by atoms with Crippen LogP contribution in [0.2, 0.25) is 0 Å². The van der Waals surface area contributed by atoms with Crippen LogP contribution in [0.5, 0.6) is 0 Å². The third-order valence-corrected chi connectivity index (χ3v) is 11.8. The summed E-state index contributed by atoms with van der Waals surface area (Å²) in [7, 11) is 0. The second-order valence-corrected chi connectivity index (χ2v) is 14.1. The third-order valence-electron chi connectivity index (χ3n) is 11.8. The smallest absolute Gasteiger partial charge is 0.306 e. The number of carboxylic acid groups (broad SMARTS) is 1. The average Bonchev–Trinajstić information content (AvgIpc) is 3.24. The molecule has 0 radical (unpaired) electrons. The normalized spacial score (nSPS) is 40.0. The number of carboxylic acids is 1. The van der Waals surface area contributed by atoms with E-state index in [-0.39, 0.29) is 67.0 Å². The Morgan fingerprint density at radius 3 is 2.47 bits per heavy atom. The number of fused-ring (bicyclic) bond motifs is 5. The Balaban J connectivity index is 1.12. The molecule has 4 unspecified atom stereocenters. The SMILES string of the molecule is C[C@]12C=CC(=O)C=C1CCC1C2C(O)C[C@@]2(C)C1CC[C@@]2(O)C(=O)COC(=O)CCC(=O)NCC1CCC(C(=O)O)CC1. The fourth-order valence-electron chi connectivity index (χ4n) is 9.30. The third kappa shape index (κ3) is 5.72. The van der Waals surface area contributed by atoms with E-state index >= 15 is 0 Å². The van der Waals surface area contributed by atoms with Gasteiger partial charge in [0.25, 0.3) is 0 Å². The maximum atomic E-state index is 13.4. The average molecular weight is 600 g/mol. The molecule has 10 nitrogen and oxygen atoms in total. The summed E-state index contributed by atoms with van der Waals surface area (Å²) in [6.45, 7) is 3.79. The molecule has 0 aromatic heterocycles. The van der Waals surface area contributed by atoms with Crippen LogP contribution < -0.4 is 5.32 Å². The van der Waals surface area contributed by atoms with Crippen LogP contribution in [0, 0.1) is 40.4 Å². The molecule has 4 N–H and O–H groups in total. The molecular formula is C33H45NO9. The number of carbonyl (C=O) groups is 5. The van der Waals surface area contributed by atoms with Crippen molar-refractivity contribution in [3.8, 4) is 0 Å². The van der Waals surface area contributed by atoms with Crippen LogP contribution in [0.4, 0.5) is 0 Å². The molecule has 43 heavy (non-hydrogen) atoms. The van der Waals surface area contributed by atoms with E-state index in [2.05, 4.69) is 12.2 Å². The van der Waals surface area contributed by atoms with Gasteiger partial charge < -0.3 is 25.4 Å². The van der Waals surface area contributed by atoms with Gasteiger partial charge in [0.05, 0.1) is 18.4 Å². The number of ether oxygens (including phenoxy) is 1. The highest BCUT2D eigenvalue weighted by Crippen LogP contribution is 2.67. The number of carbonyl (C=O) groups excluding carboxylic acids is 4. The Hall–Kier alpha value is -2.85. The highest BCUT2D eigenvalue weighted by molar-refractivity contribution is 6.01. The van der Waals surface area contributed by atoms with Crippen LogP contribution >= 0.6 is 0 Å². The van der Waals surface area contributed by atoms with E-state index in [1.165, 1.54) is 0 Å². The number of allylic oxidation sites excluding steroid dienone is 4. The first-order valence-electron chi connectivity index (χ1n) is 15.8. The Labute approximate surface area is 252 Å². The number of nitrogens with one attached hydrogen (secondary N) is 1. The lowest BCUT2D eigenvalue weighted by Gasteiger charge is -2.59. The van der Waals surface area contributed by atoms with Gasteiger partial charge in [-0.25, -0.2) is 0 Å². The van der Waals surface area contributed by atoms with E-state index in [4.69, 9.17) is 9.84 Å². The number of ketones is 2. The number of aliphatic hydroxyl groups is 2. The van der Waals surface area contributed by atoms with Crippen molar-refractivity contribution in [1.29, 1.82) is 0 Å². The summed E-state index contributed by atoms with van der Waals surface area (Å²) in [4.78, 5) is 61.2. The molecule has 10 heteroatoms. The topological polar surface area (TPSA) is 167 Å². The summed E-state index contributed by atoms with van der Waals surface area (Å²) in [6, 6.07) is 0. The molecule has 0 aromatic carbocycles. The first-order chi connectivity index (χ1) is 20.3. The van der Waals surface area contributed by atoms with Crippen molar-refractivity contribution in [3.63, 3.8) is 0 Å². The van der Waals surface area contributed by atoms with E-state index in [0.717, 1.165) is 31.3 Å². The summed E-state index contributed by atoms with van der Waals surface area (Å²) in [6.07, 6.45) is 9.38. The maximum Gasteiger partial charge on any atom is 0.306 e. The second kappa shape index (κ2) is 11.9. The Kier molecular flexibility index (Phi) is 8.75. The zero-order valence-electron chi connectivity index (χ0n) is 25.2. The lowest BCUT2D eigenvalue weighted by Crippen LogP contribution is -2.61. The number of Topliss-reactive ketones (excluding diaryl/α,β-unsaturated/α-hetero) is 1. The quantitative estimate of drug-likeness (QED) is 0.291. The molecule has 0 aromatic rings. The molecule has 4 fully saturated rings. The molecule has 5 rings (SSSR count). The minimum absolute atomic E-state index is 0.00201. The Morgan fingerprint density at radius 1 is 1.05 bits per heavy atom. The van der Waals surface area contributed by atoms with Crippen LogP contribution in [-0.2, 0) is 28.7 Å². The van der Waals surface area contributed by atoms with Gasteiger partial charge in [0.2, 0.25) is 11.7 Å². The van der Waals surface area contributed by atoms with Gasteiger partial charge in [-0.05, 0) is 87.7 Å². The lowest BCUT2D eigenvalue weighted by atomic mass is 9.46. The predicted molar refractivity (Wildman–Crippen MR) is 154 cm³/mol. The zero-order valence-corrected chi connectivity index (χ0v) is 25.2. The monoisotopic (exact) mass is 599 g/mol. The number of esters is 1. The molecule has 0 saturated heterocycles. The van der Waals surface area contributed by atoms with Gasteiger partial charge >= 0.3 is 11.9 Å². The van der Waals surface area contributed by atoms with Gasteiger partial charge in [0.1, 0.15) is 5.60 Å². The molecule has 5 aliphatic carbocycles. The largest absolute Gasteiger partial charge is 0.481 e. The number of aliphatic carboxylic acids is 1. The fraction of sp³-hybridized carbons (Fsp3) is 0.727. The Bertz CT molecular complexity index is 1230. The minimum atomic E-state index is -1.74. The van der Waals surface area contributed by atoms with Gasteiger partial charge in [-0.15, -0.1) is 0 Å². The van der Waals surface area contributed by atoms with E-state index in [0.29, 0.717) is 25.8 Å². The standard InChI is InChI=1S/C33H45NO9/c1-31-13-11-22(35)15-21(31)7-8-23-24-12-14-33(42,32(24,2)16-25(36)29(23)31)26(37)18-43-28(39)10-9-27(38)34-17-19-3-5-20(6-4-19)30(40)41/h11,13,15,19-20,23-25,29,36,42H,3-10,12,14,16-18H2,1-2H3,(H,34,38)(H,40,41)/t19?,20?,23?,24?,25?,29?,31-,32-,33+/m0/s1. The van der Waals surface area contributed by atoms with Crippen LogP contribution in [0.25, 0.3) is 0 Å². The molecule has 0 bridgehead atoms. The van der Waals surface area contributed by atoms with Gasteiger partial charge in [-0.1, -0.05) is 25.5 Å². The van der Waals surface area contributed by atoms with Gasteiger partial charge in [0, 0.05) is 29.7 Å². The molecule has 7 atom stereocenters.